The van der Waals surface area contributed by atoms with Crippen molar-refractivity contribution in [2.75, 3.05) is 0 Å². The molecule has 2 aromatic rings. The van der Waals surface area contributed by atoms with Crippen molar-refractivity contribution in [1.29, 1.82) is 0 Å². The maximum atomic E-state index is 13.1. The number of benzene rings is 1. The molecule has 0 aliphatic rings. The molecule has 3 nitrogen and oxygen atoms in total. The summed E-state index contributed by atoms with van der Waals surface area (Å²) in [7, 11) is 0. The molecule has 5 heteroatoms. The van der Waals surface area contributed by atoms with Gasteiger partial charge in [0.2, 0.25) is 0 Å². The van der Waals surface area contributed by atoms with Crippen LogP contribution in [0.2, 0.25) is 0 Å². The van der Waals surface area contributed by atoms with E-state index < -0.39 is 11.6 Å². The van der Waals surface area contributed by atoms with E-state index in [2.05, 4.69) is 4.98 Å². The maximum Gasteiger partial charge on any atom is 0.159 e. The second-order valence-electron chi connectivity index (χ2n) is 4.40. The lowest BCUT2D eigenvalue weighted by Crippen LogP contribution is -2.20. The van der Waals surface area contributed by atoms with E-state index in [1.807, 2.05) is 11.5 Å². The molecule has 0 saturated heterocycles. The van der Waals surface area contributed by atoms with Gasteiger partial charge in [0, 0.05) is 31.4 Å². The Balaban J connectivity index is 2.18. The van der Waals surface area contributed by atoms with Crippen molar-refractivity contribution in [2.45, 2.75) is 25.9 Å². The Kier molecular flexibility index (Phi) is 3.72. The zero-order chi connectivity index (χ0) is 13.1. The molecule has 1 aromatic carbocycles. The summed E-state index contributed by atoms with van der Waals surface area (Å²) in [6.45, 7) is 2.36. The minimum Gasteiger partial charge on any atom is -0.330 e. The largest absolute Gasteiger partial charge is 0.330 e. The van der Waals surface area contributed by atoms with Crippen LogP contribution >= 0.6 is 0 Å². The molecular weight excluding hydrogens is 236 g/mol. The molecule has 1 aromatic heterocycles. The van der Waals surface area contributed by atoms with Gasteiger partial charge in [-0.15, -0.1) is 0 Å². The van der Waals surface area contributed by atoms with Crippen molar-refractivity contribution in [3.8, 4) is 0 Å². The van der Waals surface area contributed by atoms with Gasteiger partial charge in [-0.25, -0.2) is 13.8 Å². The Bertz CT molecular complexity index is 535. The fourth-order valence-corrected chi connectivity index (χ4v) is 1.80. The van der Waals surface area contributed by atoms with E-state index in [0.717, 1.165) is 11.9 Å². The van der Waals surface area contributed by atoms with E-state index >= 15 is 0 Å². The number of hydrogen-bond acceptors (Lipinski definition) is 2. The lowest BCUT2D eigenvalue weighted by Gasteiger charge is -2.10. The number of rotatable bonds is 4. The van der Waals surface area contributed by atoms with Crippen LogP contribution in [-0.2, 0) is 13.0 Å². The highest BCUT2D eigenvalue weighted by Crippen LogP contribution is 2.11. The summed E-state index contributed by atoms with van der Waals surface area (Å²) in [6, 6.07) is 3.91. The molecule has 0 amide bonds. The van der Waals surface area contributed by atoms with Gasteiger partial charge in [-0.1, -0.05) is 6.07 Å². The Morgan fingerprint density at radius 1 is 1.33 bits per heavy atom. The van der Waals surface area contributed by atoms with Gasteiger partial charge >= 0.3 is 0 Å². The predicted octanol–water partition coefficient (Wildman–Crippen LogP) is 2.10. The number of nitrogens with two attached hydrogens (primary N) is 1. The Labute approximate surface area is 104 Å². The molecule has 1 unspecified atom stereocenters. The lowest BCUT2D eigenvalue weighted by molar-refractivity contribution is 0.506. The predicted molar refractivity (Wildman–Crippen MR) is 65.0 cm³/mol. The number of imidazole rings is 1. The van der Waals surface area contributed by atoms with Gasteiger partial charge in [0.05, 0.1) is 0 Å². The fourth-order valence-electron chi connectivity index (χ4n) is 1.80. The smallest absolute Gasteiger partial charge is 0.159 e. The third-order valence-electron chi connectivity index (χ3n) is 2.64. The van der Waals surface area contributed by atoms with E-state index in [0.29, 0.717) is 18.5 Å². The highest BCUT2D eigenvalue weighted by atomic mass is 19.2. The Hall–Kier alpha value is -1.75. The van der Waals surface area contributed by atoms with Crippen LogP contribution in [0.4, 0.5) is 8.78 Å². The maximum absolute atomic E-state index is 13.1. The van der Waals surface area contributed by atoms with Crippen LogP contribution in [0.15, 0.2) is 30.6 Å². The third kappa shape index (κ3) is 2.92. The van der Waals surface area contributed by atoms with Crippen molar-refractivity contribution >= 4 is 0 Å². The molecule has 0 spiro atoms. The van der Waals surface area contributed by atoms with Crippen LogP contribution in [0.5, 0.6) is 0 Å². The monoisotopic (exact) mass is 251 g/mol. The molecule has 18 heavy (non-hydrogen) atoms. The van der Waals surface area contributed by atoms with Crippen molar-refractivity contribution in [3.63, 3.8) is 0 Å². The topological polar surface area (TPSA) is 43.8 Å². The second-order valence-corrected chi connectivity index (χ2v) is 4.40. The molecule has 1 atom stereocenters. The van der Waals surface area contributed by atoms with Crippen molar-refractivity contribution < 1.29 is 8.78 Å². The minimum atomic E-state index is -0.833. The minimum absolute atomic E-state index is 0.0103. The molecule has 96 valence electrons. The van der Waals surface area contributed by atoms with E-state index in [-0.39, 0.29) is 6.04 Å². The van der Waals surface area contributed by atoms with Crippen LogP contribution in [0.25, 0.3) is 0 Å². The van der Waals surface area contributed by atoms with Gasteiger partial charge in [0.1, 0.15) is 5.82 Å². The quantitative estimate of drug-likeness (QED) is 0.904. The first kappa shape index (κ1) is 12.7. The summed E-state index contributed by atoms with van der Waals surface area (Å²) in [4.78, 5) is 4.21. The van der Waals surface area contributed by atoms with Crippen LogP contribution in [0.1, 0.15) is 18.3 Å². The normalized spacial score (nSPS) is 12.7. The Morgan fingerprint density at radius 3 is 2.78 bits per heavy atom. The van der Waals surface area contributed by atoms with Gasteiger partial charge in [-0.3, -0.25) is 0 Å². The molecule has 2 N–H and O–H groups in total. The van der Waals surface area contributed by atoms with Crippen LogP contribution in [0.3, 0.4) is 0 Å². The second kappa shape index (κ2) is 5.27. The van der Waals surface area contributed by atoms with E-state index in [1.165, 1.54) is 6.07 Å². The van der Waals surface area contributed by atoms with E-state index in [1.54, 1.807) is 18.5 Å². The van der Waals surface area contributed by atoms with Gasteiger partial charge in [0.15, 0.2) is 11.6 Å². The highest BCUT2D eigenvalue weighted by Gasteiger charge is 2.08. The van der Waals surface area contributed by atoms with Gasteiger partial charge in [0.25, 0.3) is 0 Å². The molecule has 2 rings (SSSR count). The van der Waals surface area contributed by atoms with Crippen LogP contribution in [0, 0.1) is 11.6 Å². The summed E-state index contributed by atoms with van der Waals surface area (Å²) in [5, 5.41) is 0. The molecule has 1 heterocycles. The highest BCUT2D eigenvalue weighted by molar-refractivity contribution is 5.18. The summed E-state index contributed by atoms with van der Waals surface area (Å²) in [5.41, 5.74) is 6.42. The number of nitrogens with zero attached hydrogens (tertiary/aromatic N) is 2. The number of aromatic nitrogens is 2. The first-order valence-electron chi connectivity index (χ1n) is 5.76. The number of halogens is 2. The third-order valence-corrected chi connectivity index (χ3v) is 2.64. The molecule has 0 aliphatic heterocycles. The molecule has 0 saturated carbocycles. The van der Waals surface area contributed by atoms with Gasteiger partial charge < -0.3 is 10.3 Å². The molecular formula is C13H15F2N3. The zero-order valence-electron chi connectivity index (χ0n) is 10.1. The zero-order valence-corrected chi connectivity index (χ0v) is 10.1. The first-order chi connectivity index (χ1) is 8.56. The van der Waals surface area contributed by atoms with E-state index in [9.17, 15) is 8.78 Å². The fraction of sp³-hybridized carbons (Fsp3) is 0.308. The Morgan fingerprint density at radius 2 is 2.11 bits per heavy atom. The molecule has 0 fully saturated rings. The first-order valence-corrected chi connectivity index (χ1v) is 5.76. The van der Waals surface area contributed by atoms with E-state index in [4.69, 9.17) is 5.73 Å². The molecule has 0 radical (unpaired) electrons. The molecule has 0 aliphatic carbocycles. The standard InChI is InChI=1S/C13H15F2N3/c1-9(16)6-13-17-4-5-18(13)8-10-2-3-11(14)12(15)7-10/h2-5,7,9H,6,8,16H2,1H3. The molecule has 0 bridgehead atoms. The van der Waals surface area contributed by atoms with Crippen LogP contribution in [-0.4, -0.2) is 15.6 Å². The van der Waals surface area contributed by atoms with Gasteiger partial charge in [-0.05, 0) is 24.6 Å². The van der Waals surface area contributed by atoms with Gasteiger partial charge in [-0.2, -0.15) is 0 Å². The number of hydrogen-bond donors (Lipinski definition) is 1. The summed E-state index contributed by atoms with van der Waals surface area (Å²) in [6.07, 6.45) is 4.13. The summed E-state index contributed by atoms with van der Waals surface area (Å²) in [5.74, 6) is -0.823. The average molecular weight is 251 g/mol. The average Bonchev–Trinajstić information content (AvgIpc) is 2.70. The van der Waals surface area contributed by atoms with Crippen molar-refractivity contribution in [2.24, 2.45) is 5.73 Å². The lowest BCUT2D eigenvalue weighted by atomic mass is 10.2. The summed E-state index contributed by atoms with van der Waals surface area (Å²) >= 11 is 0. The van der Waals surface area contributed by atoms with Crippen molar-refractivity contribution in [3.05, 3.63) is 53.6 Å². The SMILES string of the molecule is CC(N)Cc1nccn1Cc1ccc(F)c(F)c1. The summed E-state index contributed by atoms with van der Waals surface area (Å²) < 4.78 is 27.8. The van der Waals surface area contributed by atoms with Crippen molar-refractivity contribution in [1.82, 2.24) is 9.55 Å². The van der Waals surface area contributed by atoms with Crippen LogP contribution < -0.4 is 5.73 Å².